The first-order valence-electron chi connectivity index (χ1n) is 6.00. The van der Waals surface area contributed by atoms with E-state index < -0.39 is 22.0 Å². The fraction of sp³-hybridized carbons (Fsp3) is 0.417. The molecule has 0 radical (unpaired) electrons. The van der Waals surface area contributed by atoms with Crippen LogP contribution in [0, 0.1) is 5.92 Å². The third kappa shape index (κ3) is 4.75. The maximum Gasteiger partial charge on any atom is 0.241 e. The molecule has 1 atom stereocenters. The smallest absolute Gasteiger partial charge is 0.241 e. The van der Waals surface area contributed by atoms with E-state index in [1.54, 1.807) is 0 Å². The van der Waals surface area contributed by atoms with Gasteiger partial charge in [0.2, 0.25) is 15.9 Å². The fourth-order valence-electron chi connectivity index (χ4n) is 1.62. The number of carbonyl (C=O) groups is 1. The normalized spacial score (nSPS) is 13.3. The lowest BCUT2D eigenvalue weighted by Gasteiger charge is -2.15. The van der Waals surface area contributed by atoms with E-state index in [0.29, 0.717) is 6.42 Å². The number of primary sulfonamides is 1. The highest BCUT2D eigenvalue weighted by Crippen LogP contribution is 2.25. The predicted molar refractivity (Wildman–Crippen MR) is 78.9 cm³/mol. The van der Waals surface area contributed by atoms with Gasteiger partial charge in [0.1, 0.15) is 0 Å². The zero-order valence-electron chi connectivity index (χ0n) is 11.3. The largest absolute Gasteiger partial charge is 0.323 e. The quantitative estimate of drug-likeness (QED) is 0.758. The summed E-state index contributed by atoms with van der Waals surface area (Å²) in [6.45, 7) is 3.89. The number of hydrogen-bond donors (Lipinski definition) is 3. The van der Waals surface area contributed by atoms with Crippen molar-refractivity contribution in [2.24, 2.45) is 16.8 Å². The number of nitrogens with one attached hydrogen (secondary N) is 1. The second-order valence-electron chi connectivity index (χ2n) is 4.91. The Morgan fingerprint density at radius 1 is 1.40 bits per heavy atom. The van der Waals surface area contributed by atoms with Gasteiger partial charge in [-0.2, -0.15) is 0 Å². The Hall–Kier alpha value is -1.15. The van der Waals surface area contributed by atoms with Gasteiger partial charge in [-0.15, -0.1) is 0 Å². The molecule has 0 heterocycles. The zero-order chi connectivity index (χ0) is 15.5. The Balaban J connectivity index is 2.95. The summed E-state index contributed by atoms with van der Waals surface area (Å²) in [5.41, 5.74) is 5.91. The summed E-state index contributed by atoms with van der Waals surface area (Å²) in [5.74, 6) is -0.158. The van der Waals surface area contributed by atoms with Crippen LogP contribution in [-0.4, -0.2) is 20.4 Å². The summed E-state index contributed by atoms with van der Waals surface area (Å²) < 4.78 is 22.5. The Morgan fingerprint density at radius 3 is 2.50 bits per heavy atom. The fourth-order valence-corrected chi connectivity index (χ4v) is 2.32. The molecule has 112 valence electrons. The van der Waals surface area contributed by atoms with Crippen LogP contribution in [0.15, 0.2) is 23.1 Å². The van der Waals surface area contributed by atoms with Crippen molar-refractivity contribution in [1.29, 1.82) is 0 Å². The van der Waals surface area contributed by atoms with Crippen molar-refractivity contribution in [3.63, 3.8) is 0 Å². The van der Waals surface area contributed by atoms with Crippen LogP contribution in [0.2, 0.25) is 5.02 Å². The number of sulfonamides is 1. The average Bonchev–Trinajstić information content (AvgIpc) is 2.29. The first kappa shape index (κ1) is 16.9. The third-order valence-corrected chi connectivity index (χ3v) is 3.83. The van der Waals surface area contributed by atoms with Crippen LogP contribution >= 0.6 is 11.6 Å². The van der Waals surface area contributed by atoms with Gasteiger partial charge in [-0.3, -0.25) is 4.79 Å². The molecule has 0 aliphatic carbocycles. The lowest BCUT2D eigenvalue weighted by molar-refractivity contribution is -0.117. The second-order valence-corrected chi connectivity index (χ2v) is 6.88. The maximum atomic E-state index is 11.9. The van der Waals surface area contributed by atoms with E-state index in [4.69, 9.17) is 22.5 Å². The molecule has 8 heteroatoms. The summed E-state index contributed by atoms with van der Waals surface area (Å²) in [5, 5.41) is 7.75. The summed E-state index contributed by atoms with van der Waals surface area (Å²) in [7, 11) is -3.86. The van der Waals surface area contributed by atoms with Crippen molar-refractivity contribution in [1.82, 2.24) is 0 Å². The zero-order valence-corrected chi connectivity index (χ0v) is 12.8. The van der Waals surface area contributed by atoms with Gasteiger partial charge >= 0.3 is 0 Å². The van der Waals surface area contributed by atoms with E-state index in [0.717, 1.165) is 0 Å². The van der Waals surface area contributed by atoms with Crippen molar-refractivity contribution >= 4 is 33.2 Å². The molecule has 1 amide bonds. The van der Waals surface area contributed by atoms with Crippen molar-refractivity contribution in [3.8, 4) is 0 Å². The molecular weight excluding hydrogens is 302 g/mol. The summed E-state index contributed by atoms with van der Waals surface area (Å²) in [4.78, 5) is 11.8. The lowest BCUT2D eigenvalue weighted by Crippen LogP contribution is -2.36. The van der Waals surface area contributed by atoms with Crippen molar-refractivity contribution in [3.05, 3.63) is 23.2 Å². The van der Waals surface area contributed by atoms with Gasteiger partial charge in [0.15, 0.2) is 0 Å². The van der Waals surface area contributed by atoms with Crippen LogP contribution in [0.4, 0.5) is 5.69 Å². The van der Waals surface area contributed by atoms with Crippen molar-refractivity contribution in [2.45, 2.75) is 31.2 Å². The molecule has 0 saturated carbocycles. The molecule has 1 unspecified atom stereocenters. The third-order valence-electron chi connectivity index (χ3n) is 2.59. The Kier molecular flexibility index (Phi) is 5.52. The predicted octanol–water partition coefficient (Wildman–Crippen LogP) is 1.30. The summed E-state index contributed by atoms with van der Waals surface area (Å²) >= 11 is 5.91. The van der Waals surface area contributed by atoms with Crippen LogP contribution in [0.3, 0.4) is 0 Å². The van der Waals surface area contributed by atoms with E-state index >= 15 is 0 Å². The highest BCUT2D eigenvalue weighted by molar-refractivity contribution is 7.89. The standard InChI is InChI=1S/C12H18ClN3O3S/c1-7(2)5-10(14)12(17)16-11-6-8(20(15,18)19)3-4-9(11)13/h3-4,6-7,10H,5,14H2,1-2H3,(H,16,17)(H2,15,18,19). The number of hydrogen-bond acceptors (Lipinski definition) is 4. The lowest BCUT2D eigenvalue weighted by atomic mass is 10.0. The number of anilines is 1. The second kappa shape index (κ2) is 6.53. The summed E-state index contributed by atoms with van der Waals surface area (Å²) in [6.07, 6.45) is 0.512. The Bertz CT molecular complexity index is 602. The van der Waals surface area contributed by atoms with Crippen LogP contribution in [-0.2, 0) is 14.8 Å². The summed E-state index contributed by atoms with van der Waals surface area (Å²) in [6, 6.07) is 3.13. The minimum absolute atomic E-state index is 0.130. The van der Waals surface area contributed by atoms with E-state index in [1.807, 2.05) is 13.8 Å². The number of nitrogens with two attached hydrogens (primary N) is 2. The molecule has 1 aromatic rings. The topological polar surface area (TPSA) is 115 Å². The number of benzene rings is 1. The molecule has 0 aliphatic rings. The average molecular weight is 320 g/mol. The first-order valence-corrected chi connectivity index (χ1v) is 7.92. The Morgan fingerprint density at radius 2 is 2.00 bits per heavy atom. The van der Waals surface area contributed by atoms with E-state index in [-0.39, 0.29) is 21.5 Å². The number of halogens is 1. The molecule has 5 N–H and O–H groups in total. The molecule has 0 spiro atoms. The highest BCUT2D eigenvalue weighted by Gasteiger charge is 2.17. The van der Waals surface area contributed by atoms with Gasteiger partial charge < -0.3 is 11.1 Å². The maximum absolute atomic E-state index is 11.9. The van der Waals surface area contributed by atoms with Gasteiger partial charge in [0.05, 0.1) is 21.6 Å². The molecule has 0 saturated heterocycles. The van der Waals surface area contributed by atoms with Gasteiger partial charge in [-0.05, 0) is 30.5 Å². The Labute approximate surface area is 123 Å². The SMILES string of the molecule is CC(C)CC(N)C(=O)Nc1cc(S(N)(=O)=O)ccc1Cl. The molecule has 1 rings (SSSR count). The molecule has 0 aliphatic heterocycles. The molecular formula is C12H18ClN3O3S. The number of amides is 1. The van der Waals surface area contributed by atoms with E-state index in [1.165, 1.54) is 18.2 Å². The van der Waals surface area contributed by atoms with Crippen molar-refractivity contribution in [2.75, 3.05) is 5.32 Å². The number of carbonyl (C=O) groups excluding carboxylic acids is 1. The van der Waals surface area contributed by atoms with Crippen LogP contribution in [0.25, 0.3) is 0 Å². The number of rotatable bonds is 5. The van der Waals surface area contributed by atoms with E-state index in [2.05, 4.69) is 5.32 Å². The molecule has 20 heavy (non-hydrogen) atoms. The van der Waals surface area contributed by atoms with Gasteiger partial charge in [-0.25, -0.2) is 13.6 Å². The van der Waals surface area contributed by atoms with Crippen LogP contribution in [0.5, 0.6) is 0 Å². The van der Waals surface area contributed by atoms with Crippen LogP contribution in [0.1, 0.15) is 20.3 Å². The van der Waals surface area contributed by atoms with Gasteiger partial charge in [0.25, 0.3) is 0 Å². The molecule has 0 fully saturated rings. The molecule has 6 nitrogen and oxygen atoms in total. The molecule has 0 aromatic heterocycles. The van der Waals surface area contributed by atoms with Gasteiger partial charge in [0, 0.05) is 0 Å². The van der Waals surface area contributed by atoms with E-state index in [9.17, 15) is 13.2 Å². The first-order chi connectivity index (χ1) is 9.11. The highest BCUT2D eigenvalue weighted by atomic mass is 35.5. The molecule has 1 aromatic carbocycles. The monoisotopic (exact) mass is 319 g/mol. The van der Waals surface area contributed by atoms with Crippen LogP contribution < -0.4 is 16.2 Å². The minimum atomic E-state index is -3.86. The van der Waals surface area contributed by atoms with Gasteiger partial charge in [-0.1, -0.05) is 25.4 Å². The van der Waals surface area contributed by atoms with Crippen molar-refractivity contribution < 1.29 is 13.2 Å². The molecule has 0 bridgehead atoms. The minimum Gasteiger partial charge on any atom is -0.323 e.